The van der Waals surface area contributed by atoms with Crippen LogP contribution in [0.5, 0.6) is 0 Å². The van der Waals surface area contributed by atoms with Crippen molar-refractivity contribution in [2.24, 2.45) is 0 Å². The summed E-state index contributed by atoms with van der Waals surface area (Å²) in [7, 11) is 0. The van der Waals surface area contributed by atoms with E-state index in [0.717, 1.165) is 19.3 Å². The Balaban J connectivity index is 1.70. The average molecular weight is 308 g/mol. The molecule has 1 aromatic rings. The van der Waals surface area contributed by atoms with E-state index in [-0.39, 0.29) is 23.0 Å². The van der Waals surface area contributed by atoms with E-state index < -0.39 is 0 Å². The summed E-state index contributed by atoms with van der Waals surface area (Å²) in [5, 5.41) is 6.98. The number of carbonyl (C=O) groups excluding carboxylic acids is 1. The summed E-state index contributed by atoms with van der Waals surface area (Å²) in [5.74, 6) is 0.515. The minimum Gasteiger partial charge on any atom is -0.381 e. The van der Waals surface area contributed by atoms with Crippen LogP contribution < -0.4 is 5.32 Å². The van der Waals surface area contributed by atoms with Crippen molar-refractivity contribution in [2.45, 2.75) is 57.1 Å². The van der Waals surface area contributed by atoms with Crippen LogP contribution in [0.15, 0.2) is 10.6 Å². The summed E-state index contributed by atoms with van der Waals surface area (Å²) < 4.78 is 16.7. The minimum atomic E-state index is -0.273. The van der Waals surface area contributed by atoms with E-state index in [4.69, 9.17) is 14.0 Å². The summed E-state index contributed by atoms with van der Waals surface area (Å²) in [6.45, 7) is 8.12. The maximum atomic E-state index is 12.4. The third-order valence-corrected chi connectivity index (χ3v) is 4.56. The Hall–Kier alpha value is -1.40. The molecule has 22 heavy (non-hydrogen) atoms. The van der Waals surface area contributed by atoms with Gasteiger partial charge in [0.15, 0.2) is 5.69 Å². The van der Waals surface area contributed by atoms with Crippen molar-refractivity contribution < 1.29 is 18.8 Å². The van der Waals surface area contributed by atoms with Crippen molar-refractivity contribution in [1.82, 2.24) is 10.5 Å². The van der Waals surface area contributed by atoms with E-state index >= 15 is 0 Å². The van der Waals surface area contributed by atoms with Gasteiger partial charge in [0.2, 0.25) is 0 Å². The number of ether oxygens (including phenoxy) is 2. The Morgan fingerprint density at radius 1 is 1.32 bits per heavy atom. The number of hydrogen-bond acceptors (Lipinski definition) is 5. The topological polar surface area (TPSA) is 73.6 Å². The second kappa shape index (κ2) is 5.66. The van der Waals surface area contributed by atoms with Crippen molar-refractivity contribution in [3.63, 3.8) is 0 Å². The standard InChI is InChI=1S/C16H24N2O4/c1-15(2,3)13-10-11(18-22-13)14(19)17-12-4-7-21-16(12)5-8-20-9-6-16/h10,12H,4-9H2,1-3H3,(H,17,19). The molecule has 6 heteroatoms. The summed E-state index contributed by atoms with van der Waals surface area (Å²) >= 11 is 0. The molecule has 0 aromatic carbocycles. The Kier molecular flexibility index (Phi) is 3.99. The van der Waals surface area contributed by atoms with Gasteiger partial charge in [-0.2, -0.15) is 0 Å². The van der Waals surface area contributed by atoms with Gasteiger partial charge in [-0.05, 0) is 6.42 Å². The Bertz CT molecular complexity index is 541. The lowest BCUT2D eigenvalue weighted by Gasteiger charge is -2.37. The molecule has 0 radical (unpaired) electrons. The first-order valence-corrected chi connectivity index (χ1v) is 7.90. The van der Waals surface area contributed by atoms with Crippen LogP contribution in [0.1, 0.15) is 56.3 Å². The Labute approximate surface area is 130 Å². The second-order valence-corrected chi connectivity index (χ2v) is 7.17. The molecule has 3 rings (SSSR count). The number of nitrogens with zero attached hydrogens (tertiary/aromatic N) is 1. The number of aromatic nitrogens is 1. The maximum absolute atomic E-state index is 12.4. The van der Waals surface area contributed by atoms with Gasteiger partial charge in [-0.25, -0.2) is 0 Å². The van der Waals surface area contributed by atoms with Crippen molar-refractivity contribution in [3.8, 4) is 0 Å². The van der Waals surface area contributed by atoms with E-state index in [1.54, 1.807) is 6.07 Å². The van der Waals surface area contributed by atoms with Gasteiger partial charge in [-0.15, -0.1) is 0 Å². The molecule has 6 nitrogen and oxygen atoms in total. The minimum absolute atomic E-state index is 0.0127. The SMILES string of the molecule is CC(C)(C)c1cc(C(=O)NC2CCOC23CCOCC3)no1. The third kappa shape index (κ3) is 2.90. The van der Waals surface area contributed by atoms with E-state index in [0.29, 0.717) is 31.3 Å². The van der Waals surface area contributed by atoms with Crippen LogP contribution in [0.25, 0.3) is 0 Å². The highest BCUT2D eigenvalue weighted by atomic mass is 16.5. The van der Waals surface area contributed by atoms with Crippen LogP contribution in [0.3, 0.4) is 0 Å². The summed E-state index contributed by atoms with van der Waals surface area (Å²) in [6.07, 6.45) is 2.48. The van der Waals surface area contributed by atoms with Crippen LogP contribution in [-0.2, 0) is 14.9 Å². The first kappa shape index (κ1) is 15.5. The Morgan fingerprint density at radius 2 is 2.05 bits per heavy atom. The monoisotopic (exact) mass is 308 g/mol. The molecule has 2 saturated heterocycles. The molecule has 1 unspecified atom stereocenters. The molecule has 2 fully saturated rings. The van der Waals surface area contributed by atoms with E-state index in [9.17, 15) is 4.79 Å². The third-order valence-electron chi connectivity index (χ3n) is 4.56. The normalized spacial score (nSPS) is 24.6. The number of hydrogen-bond donors (Lipinski definition) is 1. The summed E-state index contributed by atoms with van der Waals surface area (Å²) in [4.78, 5) is 12.4. The van der Waals surface area contributed by atoms with Gasteiger partial charge in [0.25, 0.3) is 5.91 Å². The molecule has 0 bridgehead atoms. The van der Waals surface area contributed by atoms with Crippen LogP contribution >= 0.6 is 0 Å². The molecule has 3 heterocycles. The number of rotatable bonds is 2. The Morgan fingerprint density at radius 3 is 2.68 bits per heavy atom. The average Bonchev–Trinajstić information content (AvgIpc) is 3.08. The quantitative estimate of drug-likeness (QED) is 0.905. The van der Waals surface area contributed by atoms with Gasteiger partial charge in [0, 0.05) is 44.1 Å². The highest BCUT2D eigenvalue weighted by Crippen LogP contribution is 2.35. The van der Waals surface area contributed by atoms with Gasteiger partial charge < -0.3 is 19.3 Å². The van der Waals surface area contributed by atoms with Crippen molar-refractivity contribution in [1.29, 1.82) is 0 Å². The smallest absolute Gasteiger partial charge is 0.273 e. The second-order valence-electron chi connectivity index (χ2n) is 7.17. The van der Waals surface area contributed by atoms with Gasteiger partial charge >= 0.3 is 0 Å². The van der Waals surface area contributed by atoms with Crippen LogP contribution in [0, 0.1) is 0 Å². The number of amides is 1. The highest BCUT2D eigenvalue weighted by molar-refractivity contribution is 5.92. The number of carbonyl (C=O) groups is 1. The van der Waals surface area contributed by atoms with Crippen molar-refractivity contribution in [3.05, 3.63) is 17.5 Å². The largest absolute Gasteiger partial charge is 0.381 e. The van der Waals surface area contributed by atoms with Gasteiger partial charge in [-0.1, -0.05) is 25.9 Å². The van der Waals surface area contributed by atoms with Crippen LogP contribution in [0.4, 0.5) is 0 Å². The predicted octanol–water partition coefficient (Wildman–Crippen LogP) is 2.04. The molecule has 0 saturated carbocycles. The lowest BCUT2D eigenvalue weighted by molar-refractivity contribution is -0.0872. The predicted molar refractivity (Wildman–Crippen MR) is 79.8 cm³/mol. The fraction of sp³-hybridized carbons (Fsp3) is 0.750. The van der Waals surface area contributed by atoms with E-state index in [2.05, 4.69) is 10.5 Å². The first-order chi connectivity index (χ1) is 10.4. The fourth-order valence-corrected chi connectivity index (χ4v) is 3.12. The highest BCUT2D eigenvalue weighted by Gasteiger charge is 2.46. The molecule has 1 spiro atoms. The molecular weight excluding hydrogens is 284 g/mol. The lowest BCUT2D eigenvalue weighted by Crippen LogP contribution is -2.52. The molecule has 2 aliphatic heterocycles. The van der Waals surface area contributed by atoms with Gasteiger partial charge in [0.1, 0.15) is 5.76 Å². The van der Waals surface area contributed by atoms with Gasteiger partial charge in [-0.3, -0.25) is 4.79 Å². The zero-order valence-electron chi connectivity index (χ0n) is 13.5. The fourth-order valence-electron chi connectivity index (χ4n) is 3.12. The molecule has 1 atom stereocenters. The van der Waals surface area contributed by atoms with Crippen molar-refractivity contribution >= 4 is 5.91 Å². The maximum Gasteiger partial charge on any atom is 0.273 e. The summed E-state index contributed by atoms with van der Waals surface area (Å²) in [5.41, 5.74) is -0.104. The number of nitrogens with one attached hydrogen (secondary N) is 1. The zero-order valence-corrected chi connectivity index (χ0v) is 13.5. The molecule has 122 valence electrons. The van der Waals surface area contributed by atoms with Crippen LogP contribution in [0.2, 0.25) is 0 Å². The molecule has 0 aliphatic carbocycles. The van der Waals surface area contributed by atoms with Gasteiger partial charge in [0.05, 0.1) is 11.6 Å². The van der Waals surface area contributed by atoms with Crippen molar-refractivity contribution in [2.75, 3.05) is 19.8 Å². The molecular formula is C16H24N2O4. The zero-order chi connectivity index (χ0) is 15.8. The van der Waals surface area contributed by atoms with Crippen LogP contribution in [-0.4, -0.2) is 42.5 Å². The molecule has 1 amide bonds. The molecule has 2 aliphatic rings. The van der Waals surface area contributed by atoms with E-state index in [1.807, 2.05) is 20.8 Å². The molecule has 1 N–H and O–H groups in total. The summed E-state index contributed by atoms with van der Waals surface area (Å²) in [6, 6.07) is 1.74. The van der Waals surface area contributed by atoms with E-state index in [1.165, 1.54) is 0 Å². The molecule has 1 aromatic heterocycles. The lowest BCUT2D eigenvalue weighted by atomic mass is 9.86. The first-order valence-electron chi connectivity index (χ1n) is 7.90.